The van der Waals surface area contributed by atoms with Gasteiger partial charge in [0.2, 0.25) is 0 Å². The maximum absolute atomic E-state index is 0. The number of hydrogen-bond donors (Lipinski definition) is 0. The summed E-state index contributed by atoms with van der Waals surface area (Å²) in [5.41, 5.74) is 0. The molecule has 0 N–H and O–H groups in total. The molecule has 0 amide bonds. The molecule has 0 aromatic rings. The van der Waals surface area contributed by atoms with E-state index in [1.165, 1.54) is 0 Å². The minimum Gasteiger partial charge on any atom is -0.114 e. The second-order valence-corrected chi connectivity index (χ2v) is 0. The standard InChI is InChI=1S/BrH.Ce.Co.Mn.Ti/h1H;;;;. The smallest absolute Gasteiger partial charge is 0 e. The first kappa shape index (κ1) is 38.3. The van der Waals surface area contributed by atoms with E-state index in [0.29, 0.717) is 0 Å². The van der Waals surface area contributed by atoms with Crippen LogP contribution in [0.3, 0.4) is 0 Å². The average Bonchev–Trinajstić information content (AvgIpc) is 0. The van der Waals surface area contributed by atoms with Crippen molar-refractivity contribution in [1.82, 2.24) is 0 Å². The van der Waals surface area contributed by atoms with Crippen LogP contribution >= 0.6 is 17.0 Å². The van der Waals surface area contributed by atoms with Crippen LogP contribution in [-0.2, 0) is 55.6 Å². The molecule has 0 aliphatic heterocycles. The molecule has 0 fully saturated rings. The quantitative estimate of drug-likeness (QED) is 0.537. The normalized spacial score (nSPS) is 0. The molecule has 0 rings (SSSR count). The van der Waals surface area contributed by atoms with E-state index in [1.807, 2.05) is 0 Å². The first-order valence-corrected chi connectivity index (χ1v) is 0. The predicted molar refractivity (Wildman–Crippen MR) is 10.3 cm³/mol. The predicted octanol–water partition coefficient (Wildman–Crippen LogP) is 0.570. The van der Waals surface area contributed by atoms with E-state index in [-0.39, 0.29) is 114 Å². The zero-order valence-electron chi connectivity index (χ0n) is 2.12. The van der Waals surface area contributed by atoms with Crippen LogP contribution in [0.25, 0.3) is 0 Å². The number of rotatable bonds is 0. The molecule has 2 radical (unpaired) electrons. The molecule has 0 bridgehead atoms. The fourth-order valence-electron chi connectivity index (χ4n) is 0. The molecule has 0 aromatic heterocycles. The first-order valence-electron chi connectivity index (χ1n) is 0. The number of halogens is 1. The summed E-state index contributed by atoms with van der Waals surface area (Å²) in [7, 11) is 0. The maximum atomic E-state index is 0. The molecule has 0 heterocycles. The molecule has 0 aliphatic carbocycles. The minimum absolute atomic E-state index is 0. The van der Waals surface area contributed by atoms with Gasteiger partial charge < -0.3 is 0 Å². The Morgan fingerprint density at radius 1 is 1.00 bits per heavy atom. The zero-order valence-corrected chi connectivity index (χ0v) is 10.8. The van der Waals surface area contributed by atoms with E-state index in [2.05, 4.69) is 0 Å². The second-order valence-electron chi connectivity index (χ2n) is 0. The summed E-state index contributed by atoms with van der Waals surface area (Å²) in [6.45, 7) is 0. The topological polar surface area (TPSA) is 0 Å². The van der Waals surface area contributed by atoms with Crippen LogP contribution in [-0.4, -0.2) is 0 Å². The summed E-state index contributed by atoms with van der Waals surface area (Å²) in [6, 6.07) is 0. The van der Waals surface area contributed by atoms with E-state index in [4.69, 9.17) is 0 Å². The third kappa shape index (κ3) is 18.4. The Morgan fingerprint density at radius 2 is 1.00 bits per heavy atom. The van der Waals surface area contributed by atoms with E-state index < -0.39 is 0 Å². The SMILES string of the molecule is Br.[Ce].[Co].[Mn].[Ti]. The molecule has 0 aliphatic rings. The van der Waals surface area contributed by atoms with Gasteiger partial charge in [0.25, 0.3) is 0 Å². The summed E-state index contributed by atoms with van der Waals surface area (Å²) in [6.07, 6.45) is 0. The Bertz CT molecular complexity index is 11.6. The van der Waals surface area contributed by atoms with Crippen LogP contribution < -0.4 is 0 Å². The zero-order chi connectivity index (χ0) is 0. The van der Waals surface area contributed by atoms with Gasteiger partial charge in [-0.1, -0.05) is 0 Å². The third-order valence-corrected chi connectivity index (χ3v) is 0. The molecule has 32 valence electrons. The molecule has 0 saturated heterocycles. The summed E-state index contributed by atoms with van der Waals surface area (Å²) in [5.74, 6) is 0. The fraction of sp³-hybridized carbons (Fsp3) is 0. The Balaban J connectivity index is 0. The van der Waals surface area contributed by atoms with Gasteiger partial charge in [-0.15, -0.1) is 17.0 Å². The van der Waals surface area contributed by atoms with Gasteiger partial charge >= 0.3 is 0 Å². The minimum atomic E-state index is 0. The third-order valence-electron chi connectivity index (χ3n) is 0. The molecular formula is HBrCeCoMnTi. The Morgan fingerprint density at radius 3 is 1.00 bits per heavy atom. The molecule has 0 atom stereocenters. The molecule has 5 heavy (non-hydrogen) atoms. The molecule has 0 unspecified atom stereocenters. The van der Waals surface area contributed by atoms with Gasteiger partial charge in [0.1, 0.15) is 0 Å². The van der Waals surface area contributed by atoms with Crippen molar-refractivity contribution in [3.63, 3.8) is 0 Å². The molecule has 0 saturated carbocycles. The van der Waals surface area contributed by atoms with Crippen LogP contribution in [0.1, 0.15) is 0 Å². The largest absolute Gasteiger partial charge is 0.114 e. The summed E-state index contributed by atoms with van der Waals surface area (Å²) in [5, 5.41) is 0. The molecule has 0 nitrogen and oxygen atoms in total. The van der Waals surface area contributed by atoms with E-state index in [9.17, 15) is 0 Å². The first-order chi connectivity index (χ1) is 0. The van der Waals surface area contributed by atoms with Gasteiger partial charge in [0, 0.05) is 97.3 Å². The van der Waals surface area contributed by atoms with Crippen molar-refractivity contribution in [2.75, 3.05) is 0 Å². The Kier molecular flexibility index (Phi) is 196. The van der Waals surface area contributed by atoms with E-state index in [1.54, 1.807) is 0 Å². The van der Waals surface area contributed by atoms with Crippen molar-refractivity contribution < 1.29 is 97.3 Å². The van der Waals surface area contributed by atoms with Crippen LogP contribution in [0, 0.1) is 41.7 Å². The maximum Gasteiger partial charge on any atom is 0 e. The molecule has 0 spiro atoms. The summed E-state index contributed by atoms with van der Waals surface area (Å²) < 4.78 is 0. The van der Waals surface area contributed by atoms with Gasteiger partial charge in [0.05, 0.1) is 0 Å². The van der Waals surface area contributed by atoms with Crippen LogP contribution in [0.5, 0.6) is 0 Å². The molecular weight excluding hydrogens is 382 g/mol. The second kappa shape index (κ2) is 25.6. The van der Waals surface area contributed by atoms with E-state index in [0.717, 1.165) is 0 Å². The van der Waals surface area contributed by atoms with Crippen LogP contribution in [0.4, 0.5) is 0 Å². The van der Waals surface area contributed by atoms with Gasteiger partial charge in [-0.25, -0.2) is 0 Å². The Labute approximate surface area is 112 Å². The summed E-state index contributed by atoms with van der Waals surface area (Å²) in [4.78, 5) is 0. The van der Waals surface area contributed by atoms with Crippen molar-refractivity contribution in [3.8, 4) is 0 Å². The van der Waals surface area contributed by atoms with Gasteiger partial charge in [-0.3, -0.25) is 0 Å². The van der Waals surface area contributed by atoms with Crippen LogP contribution in [0.2, 0.25) is 0 Å². The van der Waals surface area contributed by atoms with Crippen LogP contribution in [0.15, 0.2) is 0 Å². The van der Waals surface area contributed by atoms with E-state index >= 15 is 0 Å². The molecule has 5 heteroatoms. The van der Waals surface area contributed by atoms with Gasteiger partial charge in [0.15, 0.2) is 0 Å². The number of hydrogen-bond acceptors (Lipinski definition) is 0. The summed E-state index contributed by atoms with van der Waals surface area (Å²) >= 11 is 0. The van der Waals surface area contributed by atoms with Crippen molar-refractivity contribution in [2.45, 2.75) is 0 Å². The monoisotopic (exact) mass is 382 g/mol. The van der Waals surface area contributed by atoms with Crippen molar-refractivity contribution in [2.24, 2.45) is 0 Å². The Hall–Kier alpha value is 3.60. The average molecular weight is 383 g/mol. The van der Waals surface area contributed by atoms with Gasteiger partial charge in [-0.05, 0) is 0 Å². The fourth-order valence-corrected chi connectivity index (χ4v) is 0. The van der Waals surface area contributed by atoms with Crippen molar-refractivity contribution in [1.29, 1.82) is 0 Å². The van der Waals surface area contributed by atoms with Crippen molar-refractivity contribution >= 4 is 17.0 Å². The van der Waals surface area contributed by atoms with Gasteiger partial charge in [-0.2, -0.15) is 0 Å². The molecule has 0 aromatic carbocycles. The van der Waals surface area contributed by atoms with Crippen molar-refractivity contribution in [3.05, 3.63) is 0 Å².